The predicted molar refractivity (Wildman–Crippen MR) is 101 cm³/mol. The van der Waals surface area contributed by atoms with Gasteiger partial charge in [-0.15, -0.1) is 0 Å². The van der Waals surface area contributed by atoms with Crippen molar-refractivity contribution in [1.82, 2.24) is 0 Å². The van der Waals surface area contributed by atoms with Crippen molar-refractivity contribution in [3.8, 4) is 0 Å². The number of hydrogen-bond donors (Lipinski definition) is 1. The number of ether oxygens (including phenoxy) is 1. The Hall–Kier alpha value is -1.69. The number of nitrogens with zero attached hydrogens (tertiary/aromatic N) is 1. The maximum atomic E-state index is 13.1. The Morgan fingerprint density at radius 2 is 1.52 bits per heavy atom. The highest BCUT2D eigenvalue weighted by atomic mass is 79.9. The lowest BCUT2D eigenvalue weighted by molar-refractivity contribution is -0.914. The van der Waals surface area contributed by atoms with Gasteiger partial charge in [0.25, 0.3) is 0 Å². The summed E-state index contributed by atoms with van der Waals surface area (Å²) in [6, 6.07) is 18.1. The summed E-state index contributed by atoms with van der Waals surface area (Å²) in [5.41, 5.74) is -0.735. The van der Waals surface area contributed by atoms with Crippen LogP contribution in [0.1, 0.15) is 31.4 Å². The molecule has 1 atom stereocenters. The Kier molecular flexibility index (Phi) is 7.20. The van der Waals surface area contributed by atoms with E-state index in [0.717, 1.165) is 37.1 Å². The minimum atomic E-state index is -1.79. The second-order valence-electron chi connectivity index (χ2n) is 7.14. The summed E-state index contributed by atoms with van der Waals surface area (Å²) in [6.07, 6.45) is 0.689. The third kappa shape index (κ3) is 4.26. The molecule has 27 heavy (non-hydrogen) atoms. The molecule has 1 aliphatic heterocycles. The van der Waals surface area contributed by atoms with E-state index in [1.54, 1.807) is 24.3 Å². The predicted octanol–water partition coefficient (Wildman–Crippen LogP) is 0.0986. The number of likely N-dealkylation sites (tertiary alicyclic amines) is 1. The molecule has 0 bridgehead atoms. The third-order valence-electron chi connectivity index (χ3n) is 5.81. The number of halogens is 1. The van der Waals surface area contributed by atoms with Gasteiger partial charge in [0.1, 0.15) is 6.54 Å². The third-order valence-corrected chi connectivity index (χ3v) is 5.81. The Bertz CT molecular complexity index is 692. The second kappa shape index (κ2) is 9.00. The Balaban J connectivity index is 0.00000261. The molecule has 0 aromatic heterocycles. The van der Waals surface area contributed by atoms with E-state index in [0.29, 0.717) is 11.1 Å². The van der Waals surface area contributed by atoms with Crippen LogP contribution >= 0.6 is 0 Å². The second-order valence-corrected chi connectivity index (χ2v) is 7.14. The first-order valence-electron chi connectivity index (χ1n) is 9.43. The largest absolute Gasteiger partial charge is 1.00 e. The van der Waals surface area contributed by atoms with Crippen molar-refractivity contribution in [3.05, 3.63) is 71.8 Å². The highest BCUT2D eigenvalue weighted by Gasteiger charge is 2.45. The fraction of sp³-hybridized carbons (Fsp3) is 0.409. The van der Waals surface area contributed by atoms with E-state index in [-0.39, 0.29) is 23.1 Å². The van der Waals surface area contributed by atoms with Crippen LogP contribution in [0.2, 0.25) is 0 Å². The number of hydrogen-bond acceptors (Lipinski definition) is 3. The van der Waals surface area contributed by atoms with E-state index >= 15 is 0 Å². The summed E-state index contributed by atoms with van der Waals surface area (Å²) in [4.78, 5) is 13.1. The zero-order chi connectivity index (χ0) is 18.6. The Labute approximate surface area is 172 Å². The number of benzene rings is 2. The Morgan fingerprint density at radius 1 is 1.04 bits per heavy atom. The van der Waals surface area contributed by atoms with Gasteiger partial charge in [-0.25, -0.2) is 4.79 Å². The van der Waals surface area contributed by atoms with Gasteiger partial charge in [-0.1, -0.05) is 60.7 Å². The number of likely N-dealkylation sites (N-methyl/N-ethyl adjacent to an activating group) is 1. The first-order chi connectivity index (χ1) is 12.5. The van der Waals surface area contributed by atoms with Crippen LogP contribution in [0.15, 0.2) is 60.7 Å². The average Bonchev–Trinajstić information content (AvgIpc) is 3.12. The van der Waals surface area contributed by atoms with Gasteiger partial charge in [0.05, 0.1) is 19.6 Å². The maximum absolute atomic E-state index is 13.1. The molecule has 4 nitrogen and oxygen atoms in total. The summed E-state index contributed by atoms with van der Waals surface area (Å²) in [6.45, 7) is 8.26. The van der Waals surface area contributed by atoms with Crippen LogP contribution in [-0.2, 0) is 15.1 Å². The van der Waals surface area contributed by atoms with Gasteiger partial charge in [-0.3, -0.25) is 0 Å². The molecule has 146 valence electrons. The number of aliphatic hydroxyl groups is 1. The molecule has 2 aromatic rings. The normalized spacial score (nSPS) is 18.6. The van der Waals surface area contributed by atoms with Crippen molar-refractivity contribution in [2.75, 3.05) is 26.2 Å². The highest BCUT2D eigenvalue weighted by Crippen LogP contribution is 2.32. The van der Waals surface area contributed by atoms with Crippen LogP contribution in [0.3, 0.4) is 0 Å². The van der Waals surface area contributed by atoms with E-state index in [2.05, 4.69) is 13.8 Å². The SMILES string of the molecule is CC[N+]1(CC)CCC(OC(=O)C(O)(c2ccccc2)c2ccccc2)C1.[Br-]. The molecule has 1 aliphatic rings. The van der Waals surface area contributed by atoms with Crippen LogP contribution in [0, 0.1) is 0 Å². The minimum absolute atomic E-state index is 0. The monoisotopic (exact) mass is 433 g/mol. The van der Waals surface area contributed by atoms with Crippen LogP contribution < -0.4 is 17.0 Å². The molecule has 1 unspecified atom stereocenters. The van der Waals surface area contributed by atoms with Crippen molar-refractivity contribution >= 4 is 5.97 Å². The van der Waals surface area contributed by atoms with Gasteiger partial charge in [0.2, 0.25) is 5.60 Å². The van der Waals surface area contributed by atoms with Crippen molar-refractivity contribution < 1.29 is 36.1 Å². The quantitative estimate of drug-likeness (QED) is 0.519. The maximum Gasteiger partial charge on any atom is 0.348 e. The molecular formula is C22H28BrNO3. The van der Waals surface area contributed by atoms with Crippen LogP contribution in [0.25, 0.3) is 0 Å². The number of esters is 1. The summed E-state index contributed by atoms with van der Waals surface area (Å²) in [5.74, 6) is -0.591. The number of carbonyl (C=O) groups excluding carboxylic acids is 1. The minimum Gasteiger partial charge on any atom is -1.00 e. The van der Waals surface area contributed by atoms with Crippen molar-refractivity contribution in [2.24, 2.45) is 0 Å². The first-order valence-corrected chi connectivity index (χ1v) is 9.43. The molecule has 0 spiro atoms. The molecule has 1 saturated heterocycles. The average molecular weight is 434 g/mol. The molecule has 5 heteroatoms. The van der Waals surface area contributed by atoms with Crippen molar-refractivity contribution in [2.45, 2.75) is 32.0 Å². The number of quaternary nitrogens is 1. The lowest BCUT2D eigenvalue weighted by atomic mass is 9.86. The lowest BCUT2D eigenvalue weighted by Crippen LogP contribution is -3.00. The number of carbonyl (C=O) groups is 1. The van der Waals surface area contributed by atoms with Gasteiger partial charge in [-0.05, 0) is 25.0 Å². The molecule has 3 rings (SSSR count). The topological polar surface area (TPSA) is 46.5 Å². The summed E-state index contributed by atoms with van der Waals surface area (Å²) in [5, 5.41) is 11.4. The summed E-state index contributed by atoms with van der Waals surface area (Å²) < 4.78 is 6.81. The van der Waals surface area contributed by atoms with E-state index in [1.165, 1.54) is 0 Å². The van der Waals surface area contributed by atoms with Gasteiger partial charge < -0.3 is 31.3 Å². The van der Waals surface area contributed by atoms with Crippen molar-refractivity contribution in [1.29, 1.82) is 0 Å². The Morgan fingerprint density at radius 3 is 1.93 bits per heavy atom. The molecule has 0 amide bonds. The molecule has 1 heterocycles. The van der Waals surface area contributed by atoms with E-state index in [1.807, 2.05) is 36.4 Å². The van der Waals surface area contributed by atoms with E-state index < -0.39 is 11.6 Å². The van der Waals surface area contributed by atoms with Gasteiger partial charge in [-0.2, -0.15) is 0 Å². The van der Waals surface area contributed by atoms with Gasteiger partial charge >= 0.3 is 5.97 Å². The van der Waals surface area contributed by atoms with E-state index in [4.69, 9.17) is 4.74 Å². The fourth-order valence-corrected chi connectivity index (χ4v) is 3.92. The fourth-order valence-electron chi connectivity index (χ4n) is 3.92. The molecule has 1 fully saturated rings. The smallest absolute Gasteiger partial charge is 0.348 e. The van der Waals surface area contributed by atoms with Crippen LogP contribution in [-0.4, -0.2) is 47.8 Å². The molecular weight excluding hydrogens is 406 g/mol. The van der Waals surface area contributed by atoms with Gasteiger partial charge in [0.15, 0.2) is 6.10 Å². The highest BCUT2D eigenvalue weighted by molar-refractivity contribution is 5.85. The van der Waals surface area contributed by atoms with Crippen LogP contribution in [0.5, 0.6) is 0 Å². The number of rotatable bonds is 6. The first kappa shape index (κ1) is 21.6. The van der Waals surface area contributed by atoms with Crippen LogP contribution in [0.4, 0.5) is 0 Å². The molecule has 1 N–H and O–H groups in total. The zero-order valence-corrected chi connectivity index (χ0v) is 17.6. The molecule has 2 aromatic carbocycles. The van der Waals surface area contributed by atoms with Crippen molar-refractivity contribution in [3.63, 3.8) is 0 Å². The molecule has 0 aliphatic carbocycles. The lowest BCUT2D eigenvalue weighted by Gasteiger charge is -2.32. The molecule has 0 radical (unpaired) electrons. The zero-order valence-electron chi connectivity index (χ0n) is 16.0. The molecule has 0 saturated carbocycles. The van der Waals surface area contributed by atoms with E-state index in [9.17, 15) is 9.90 Å². The standard InChI is InChI=1S/C22H28NO3.BrH/c1-3-23(4-2)16-15-20(17-23)26-21(24)22(25,18-11-7-5-8-12-18)19-13-9-6-10-14-19;/h5-14,20,25H,3-4,15-17H2,1-2H3;1H/q+1;/p-1. The van der Waals surface area contributed by atoms with Gasteiger partial charge in [0, 0.05) is 6.42 Å². The summed E-state index contributed by atoms with van der Waals surface area (Å²) in [7, 11) is 0. The summed E-state index contributed by atoms with van der Waals surface area (Å²) >= 11 is 0.